The number of amides is 2. The average Bonchev–Trinajstić information content (AvgIpc) is 2.47. The summed E-state index contributed by atoms with van der Waals surface area (Å²) < 4.78 is 5.27. The number of rotatable bonds is 5. The highest BCUT2D eigenvalue weighted by molar-refractivity contribution is 5.97. The molecule has 1 fully saturated rings. The van der Waals surface area contributed by atoms with Gasteiger partial charge in [-0.1, -0.05) is 12.1 Å². The molecule has 0 heterocycles. The Kier molecular flexibility index (Phi) is 7.14. The highest BCUT2D eigenvalue weighted by Crippen LogP contribution is 2.21. The van der Waals surface area contributed by atoms with Gasteiger partial charge in [0, 0.05) is 12.1 Å². The van der Waals surface area contributed by atoms with Crippen molar-refractivity contribution in [1.29, 1.82) is 0 Å². The van der Waals surface area contributed by atoms with Crippen LogP contribution in [0.4, 0.5) is 0 Å². The number of para-hydroxylation sites is 1. The Bertz CT molecular complexity index is 517. The van der Waals surface area contributed by atoms with Gasteiger partial charge in [-0.3, -0.25) is 9.59 Å². The molecule has 0 aromatic heterocycles. The first-order valence-electron chi connectivity index (χ1n) is 7.13. The first-order chi connectivity index (χ1) is 10.1. The van der Waals surface area contributed by atoms with Gasteiger partial charge in [0.05, 0.1) is 5.56 Å². The molecule has 0 radical (unpaired) electrons. The fourth-order valence-electron chi connectivity index (χ4n) is 2.46. The third kappa shape index (κ3) is 5.20. The molecule has 0 saturated heterocycles. The lowest BCUT2D eigenvalue weighted by Gasteiger charge is -2.27. The molecule has 1 aliphatic carbocycles. The highest BCUT2D eigenvalue weighted by atomic mass is 35.5. The summed E-state index contributed by atoms with van der Waals surface area (Å²) in [6, 6.07) is 7.19. The number of benzene rings is 1. The molecular weight excluding hydrogens is 306 g/mol. The summed E-state index contributed by atoms with van der Waals surface area (Å²) in [4.78, 5) is 23.1. The van der Waals surface area contributed by atoms with Crippen molar-refractivity contribution < 1.29 is 14.3 Å². The van der Waals surface area contributed by atoms with Crippen LogP contribution in [-0.2, 0) is 4.79 Å². The minimum Gasteiger partial charge on any atom is -0.483 e. The van der Waals surface area contributed by atoms with E-state index in [1.165, 1.54) is 0 Å². The van der Waals surface area contributed by atoms with E-state index in [-0.39, 0.29) is 37.0 Å². The van der Waals surface area contributed by atoms with Crippen LogP contribution < -0.4 is 21.5 Å². The van der Waals surface area contributed by atoms with Gasteiger partial charge in [0.1, 0.15) is 5.75 Å². The van der Waals surface area contributed by atoms with Crippen molar-refractivity contribution in [2.75, 3.05) is 6.61 Å². The van der Waals surface area contributed by atoms with E-state index in [0.29, 0.717) is 11.3 Å². The maximum atomic E-state index is 12.3. The van der Waals surface area contributed by atoms with E-state index < -0.39 is 5.91 Å². The predicted octanol–water partition coefficient (Wildman–Crippen LogP) is 0.972. The SMILES string of the molecule is Cl.NC(=O)COc1ccccc1C(=O)NC1CCC(N)CC1. The summed E-state index contributed by atoms with van der Waals surface area (Å²) >= 11 is 0. The lowest BCUT2D eigenvalue weighted by Crippen LogP contribution is -2.40. The largest absolute Gasteiger partial charge is 0.483 e. The number of hydrogen-bond donors (Lipinski definition) is 3. The molecule has 1 saturated carbocycles. The van der Waals surface area contributed by atoms with Gasteiger partial charge in [0.25, 0.3) is 11.8 Å². The van der Waals surface area contributed by atoms with Crippen LogP contribution in [-0.4, -0.2) is 30.5 Å². The number of carbonyl (C=O) groups excluding carboxylic acids is 2. The normalized spacial score (nSPS) is 20.6. The molecule has 2 amide bonds. The molecule has 0 atom stereocenters. The quantitative estimate of drug-likeness (QED) is 0.749. The molecule has 1 aliphatic rings. The fraction of sp³-hybridized carbons (Fsp3) is 0.467. The maximum absolute atomic E-state index is 12.3. The molecule has 0 aliphatic heterocycles. The van der Waals surface area contributed by atoms with Gasteiger partial charge < -0.3 is 21.5 Å². The molecule has 0 spiro atoms. The molecule has 0 bridgehead atoms. The van der Waals surface area contributed by atoms with Crippen molar-refractivity contribution in [1.82, 2.24) is 5.32 Å². The van der Waals surface area contributed by atoms with E-state index in [0.717, 1.165) is 25.7 Å². The van der Waals surface area contributed by atoms with Crippen LogP contribution in [0.5, 0.6) is 5.75 Å². The van der Waals surface area contributed by atoms with E-state index >= 15 is 0 Å². The minimum absolute atomic E-state index is 0. The lowest BCUT2D eigenvalue weighted by molar-refractivity contribution is -0.119. The summed E-state index contributed by atoms with van der Waals surface area (Å²) in [6.45, 7) is -0.247. The van der Waals surface area contributed by atoms with Crippen LogP contribution in [0.2, 0.25) is 0 Å². The number of carbonyl (C=O) groups is 2. The topological polar surface area (TPSA) is 107 Å². The summed E-state index contributed by atoms with van der Waals surface area (Å²) in [5, 5.41) is 2.99. The lowest BCUT2D eigenvalue weighted by atomic mass is 9.91. The second-order valence-corrected chi connectivity index (χ2v) is 5.34. The monoisotopic (exact) mass is 327 g/mol. The van der Waals surface area contributed by atoms with E-state index in [9.17, 15) is 9.59 Å². The Morgan fingerprint density at radius 1 is 1.18 bits per heavy atom. The molecular formula is C15H22ClN3O3. The van der Waals surface area contributed by atoms with E-state index in [2.05, 4.69) is 5.32 Å². The van der Waals surface area contributed by atoms with Gasteiger partial charge in [0.15, 0.2) is 6.61 Å². The zero-order valence-corrected chi connectivity index (χ0v) is 13.1. The zero-order valence-electron chi connectivity index (χ0n) is 12.3. The predicted molar refractivity (Wildman–Crippen MR) is 86.1 cm³/mol. The van der Waals surface area contributed by atoms with E-state index in [4.69, 9.17) is 16.2 Å². The molecule has 6 nitrogen and oxygen atoms in total. The Labute approximate surface area is 136 Å². The zero-order chi connectivity index (χ0) is 15.2. The number of nitrogens with two attached hydrogens (primary N) is 2. The smallest absolute Gasteiger partial charge is 0.255 e. The standard InChI is InChI=1S/C15H21N3O3.ClH/c16-10-5-7-11(8-6-10)18-15(20)12-3-1-2-4-13(12)21-9-14(17)19;/h1-4,10-11H,5-9,16H2,(H2,17,19)(H,18,20);1H. The van der Waals surface area contributed by atoms with Crippen LogP contribution in [0.1, 0.15) is 36.0 Å². The van der Waals surface area contributed by atoms with Gasteiger partial charge >= 0.3 is 0 Å². The highest BCUT2D eigenvalue weighted by Gasteiger charge is 2.21. The number of hydrogen-bond acceptors (Lipinski definition) is 4. The third-order valence-electron chi connectivity index (χ3n) is 3.61. The van der Waals surface area contributed by atoms with Crippen LogP contribution in [0.15, 0.2) is 24.3 Å². The number of primary amides is 1. The molecule has 7 heteroatoms. The Morgan fingerprint density at radius 3 is 2.45 bits per heavy atom. The second kappa shape index (κ2) is 8.60. The Balaban J connectivity index is 0.00000242. The fourth-order valence-corrected chi connectivity index (χ4v) is 2.46. The number of ether oxygens (including phenoxy) is 1. The summed E-state index contributed by atoms with van der Waals surface area (Å²) in [6.07, 6.45) is 3.62. The summed E-state index contributed by atoms with van der Waals surface area (Å²) in [7, 11) is 0. The minimum atomic E-state index is -0.577. The number of nitrogens with one attached hydrogen (secondary N) is 1. The van der Waals surface area contributed by atoms with Crippen molar-refractivity contribution in [2.24, 2.45) is 11.5 Å². The second-order valence-electron chi connectivity index (χ2n) is 5.34. The molecule has 5 N–H and O–H groups in total. The van der Waals surface area contributed by atoms with E-state index in [1.54, 1.807) is 24.3 Å². The van der Waals surface area contributed by atoms with Gasteiger partial charge in [0.2, 0.25) is 0 Å². The van der Waals surface area contributed by atoms with Crippen LogP contribution in [0, 0.1) is 0 Å². The molecule has 0 unspecified atom stereocenters. The van der Waals surface area contributed by atoms with E-state index in [1.807, 2.05) is 0 Å². The van der Waals surface area contributed by atoms with Gasteiger partial charge in [-0.2, -0.15) is 0 Å². The van der Waals surface area contributed by atoms with Crippen LogP contribution in [0.3, 0.4) is 0 Å². The van der Waals surface area contributed by atoms with Crippen molar-refractivity contribution in [3.63, 3.8) is 0 Å². The van der Waals surface area contributed by atoms with Crippen molar-refractivity contribution in [2.45, 2.75) is 37.8 Å². The Hall–Kier alpha value is -1.79. The Morgan fingerprint density at radius 2 is 1.82 bits per heavy atom. The average molecular weight is 328 g/mol. The summed E-state index contributed by atoms with van der Waals surface area (Å²) in [5.74, 6) is -0.414. The molecule has 1 aromatic carbocycles. The molecule has 1 aromatic rings. The van der Waals surface area contributed by atoms with Crippen molar-refractivity contribution in [3.8, 4) is 5.75 Å². The summed E-state index contributed by atoms with van der Waals surface area (Å²) in [5.41, 5.74) is 11.3. The first kappa shape index (κ1) is 18.3. The van der Waals surface area contributed by atoms with Gasteiger partial charge in [-0.05, 0) is 37.8 Å². The molecule has 22 heavy (non-hydrogen) atoms. The molecule has 122 valence electrons. The van der Waals surface area contributed by atoms with Crippen LogP contribution in [0.25, 0.3) is 0 Å². The van der Waals surface area contributed by atoms with Crippen molar-refractivity contribution >= 4 is 24.2 Å². The van der Waals surface area contributed by atoms with Gasteiger partial charge in [-0.25, -0.2) is 0 Å². The maximum Gasteiger partial charge on any atom is 0.255 e. The number of halogens is 1. The van der Waals surface area contributed by atoms with Crippen molar-refractivity contribution in [3.05, 3.63) is 29.8 Å². The first-order valence-corrected chi connectivity index (χ1v) is 7.13. The van der Waals surface area contributed by atoms with Crippen LogP contribution >= 0.6 is 12.4 Å². The molecule has 2 rings (SSSR count). The van der Waals surface area contributed by atoms with Gasteiger partial charge in [-0.15, -0.1) is 12.4 Å². The third-order valence-corrected chi connectivity index (χ3v) is 3.61.